The first kappa shape index (κ1) is 13.7. The summed E-state index contributed by atoms with van der Waals surface area (Å²) < 4.78 is 5.35. The second kappa shape index (κ2) is 5.94. The van der Waals surface area contributed by atoms with Gasteiger partial charge >= 0.3 is 0 Å². The van der Waals surface area contributed by atoms with E-state index in [9.17, 15) is 0 Å². The Morgan fingerprint density at radius 3 is 2.72 bits per heavy atom. The van der Waals surface area contributed by atoms with Gasteiger partial charge in [-0.3, -0.25) is 0 Å². The number of nitrogens with one attached hydrogen (secondary N) is 1. The lowest BCUT2D eigenvalue weighted by atomic mass is 9.89. The zero-order valence-electron chi connectivity index (χ0n) is 11.3. The van der Waals surface area contributed by atoms with E-state index in [1.165, 1.54) is 25.7 Å². The Bertz CT molecular complexity index is 399. The van der Waals surface area contributed by atoms with Crippen LogP contribution in [0, 0.1) is 5.41 Å². The Hall–Kier alpha value is -0.730. The summed E-state index contributed by atoms with van der Waals surface area (Å²) in [7, 11) is 1.69. The first-order valence-electron chi connectivity index (χ1n) is 6.67. The van der Waals surface area contributed by atoms with Crippen LogP contribution in [-0.4, -0.2) is 13.7 Å². The fourth-order valence-corrected chi connectivity index (χ4v) is 3.03. The van der Waals surface area contributed by atoms with E-state index in [0.29, 0.717) is 5.41 Å². The Kier molecular flexibility index (Phi) is 4.52. The van der Waals surface area contributed by atoms with E-state index in [4.69, 9.17) is 16.3 Å². The lowest BCUT2D eigenvalue weighted by Gasteiger charge is -2.24. The second-order valence-electron chi connectivity index (χ2n) is 5.54. The van der Waals surface area contributed by atoms with Crippen molar-refractivity contribution in [2.75, 3.05) is 13.7 Å². The summed E-state index contributed by atoms with van der Waals surface area (Å²) in [5, 5.41) is 4.31. The predicted octanol–water partition coefficient (Wildman–Crippen LogP) is 4.02. The van der Waals surface area contributed by atoms with Crippen molar-refractivity contribution in [1.29, 1.82) is 0 Å². The van der Waals surface area contributed by atoms with Gasteiger partial charge in [-0.15, -0.1) is 0 Å². The minimum Gasteiger partial charge on any atom is -0.496 e. The van der Waals surface area contributed by atoms with Crippen molar-refractivity contribution >= 4 is 11.6 Å². The summed E-state index contributed by atoms with van der Waals surface area (Å²) in [4.78, 5) is 0. The van der Waals surface area contributed by atoms with Crippen molar-refractivity contribution in [2.45, 2.75) is 39.2 Å². The summed E-state index contributed by atoms with van der Waals surface area (Å²) in [6.07, 6.45) is 5.40. The number of rotatable bonds is 5. The Morgan fingerprint density at radius 1 is 1.33 bits per heavy atom. The van der Waals surface area contributed by atoms with Gasteiger partial charge in [0.15, 0.2) is 0 Å². The average molecular weight is 268 g/mol. The monoisotopic (exact) mass is 267 g/mol. The molecule has 1 N–H and O–H groups in total. The molecule has 1 aromatic carbocycles. The summed E-state index contributed by atoms with van der Waals surface area (Å²) in [6.45, 7) is 4.21. The molecule has 0 spiro atoms. The van der Waals surface area contributed by atoms with Crippen LogP contribution >= 0.6 is 11.6 Å². The average Bonchev–Trinajstić information content (AvgIpc) is 2.78. The van der Waals surface area contributed by atoms with Crippen LogP contribution < -0.4 is 10.1 Å². The predicted molar refractivity (Wildman–Crippen MR) is 76.3 cm³/mol. The summed E-state index contributed by atoms with van der Waals surface area (Å²) in [5.74, 6) is 0.867. The van der Waals surface area contributed by atoms with Gasteiger partial charge < -0.3 is 10.1 Å². The van der Waals surface area contributed by atoms with Gasteiger partial charge in [0.1, 0.15) is 5.75 Å². The van der Waals surface area contributed by atoms with E-state index in [2.05, 4.69) is 12.2 Å². The van der Waals surface area contributed by atoms with Crippen LogP contribution in [0.25, 0.3) is 0 Å². The zero-order valence-corrected chi connectivity index (χ0v) is 12.0. The van der Waals surface area contributed by atoms with Gasteiger partial charge in [-0.25, -0.2) is 0 Å². The Morgan fingerprint density at radius 2 is 2.06 bits per heavy atom. The van der Waals surface area contributed by atoms with Gasteiger partial charge in [0.2, 0.25) is 0 Å². The van der Waals surface area contributed by atoms with Crippen LogP contribution in [0.3, 0.4) is 0 Å². The number of hydrogen-bond donors (Lipinski definition) is 1. The maximum Gasteiger partial charge on any atom is 0.124 e. The first-order valence-corrected chi connectivity index (χ1v) is 7.04. The lowest BCUT2D eigenvalue weighted by molar-refractivity contribution is 0.313. The smallest absolute Gasteiger partial charge is 0.124 e. The highest BCUT2D eigenvalue weighted by molar-refractivity contribution is 6.31. The largest absolute Gasteiger partial charge is 0.496 e. The minimum atomic E-state index is 0.467. The standard InChI is InChI=1S/C15H22ClNO/c1-15(8-3-4-9-15)11-17-10-12-13(16)6-5-7-14(12)18-2/h5-7,17H,3-4,8-11H2,1-2H3. The molecule has 1 aliphatic carbocycles. The van der Waals surface area contributed by atoms with Crippen molar-refractivity contribution in [3.8, 4) is 5.75 Å². The van der Waals surface area contributed by atoms with Crippen molar-refractivity contribution in [1.82, 2.24) is 5.32 Å². The second-order valence-corrected chi connectivity index (χ2v) is 5.95. The maximum absolute atomic E-state index is 6.22. The molecule has 2 rings (SSSR count). The van der Waals surface area contributed by atoms with Crippen LogP contribution in [0.1, 0.15) is 38.2 Å². The Labute approximate surface area is 115 Å². The van der Waals surface area contributed by atoms with Gasteiger partial charge in [0.05, 0.1) is 7.11 Å². The molecule has 1 aliphatic rings. The molecule has 100 valence electrons. The number of hydrogen-bond acceptors (Lipinski definition) is 2. The molecule has 0 saturated heterocycles. The quantitative estimate of drug-likeness (QED) is 0.870. The van der Waals surface area contributed by atoms with E-state index in [1.54, 1.807) is 7.11 Å². The van der Waals surface area contributed by atoms with Gasteiger partial charge in [0.25, 0.3) is 0 Å². The summed E-state index contributed by atoms with van der Waals surface area (Å²) >= 11 is 6.22. The molecule has 0 aromatic heterocycles. The highest BCUT2D eigenvalue weighted by Gasteiger charge is 2.27. The van der Waals surface area contributed by atoms with Crippen LogP contribution in [0.15, 0.2) is 18.2 Å². The van der Waals surface area contributed by atoms with Crippen molar-refractivity contribution < 1.29 is 4.74 Å². The van der Waals surface area contributed by atoms with Crippen LogP contribution in [0.5, 0.6) is 5.75 Å². The summed E-state index contributed by atoms with van der Waals surface area (Å²) in [5.41, 5.74) is 1.53. The van der Waals surface area contributed by atoms with Crippen molar-refractivity contribution in [3.05, 3.63) is 28.8 Å². The van der Waals surface area contributed by atoms with Crippen molar-refractivity contribution in [2.24, 2.45) is 5.41 Å². The molecule has 0 atom stereocenters. The third-order valence-electron chi connectivity index (χ3n) is 3.96. The molecule has 0 amide bonds. The third-order valence-corrected chi connectivity index (χ3v) is 4.31. The molecule has 0 aliphatic heterocycles. The van der Waals surface area contributed by atoms with E-state index >= 15 is 0 Å². The van der Waals surface area contributed by atoms with E-state index in [-0.39, 0.29) is 0 Å². The molecule has 0 bridgehead atoms. The van der Waals surface area contributed by atoms with Gasteiger partial charge in [-0.2, -0.15) is 0 Å². The molecule has 0 heterocycles. The highest BCUT2D eigenvalue weighted by Crippen LogP contribution is 2.37. The molecular weight excluding hydrogens is 246 g/mol. The van der Waals surface area contributed by atoms with Crippen LogP contribution in [-0.2, 0) is 6.54 Å². The molecule has 18 heavy (non-hydrogen) atoms. The van der Waals surface area contributed by atoms with Crippen molar-refractivity contribution in [3.63, 3.8) is 0 Å². The number of halogens is 1. The van der Waals surface area contributed by atoms with Gasteiger partial charge in [-0.1, -0.05) is 37.4 Å². The first-order chi connectivity index (χ1) is 8.64. The normalized spacial score (nSPS) is 17.9. The molecular formula is C15H22ClNO. The third kappa shape index (κ3) is 3.18. The topological polar surface area (TPSA) is 21.3 Å². The minimum absolute atomic E-state index is 0.467. The molecule has 3 heteroatoms. The highest BCUT2D eigenvalue weighted by atomic mass is 35.5. The molecule has 1 aromatic rings. The molecule has 1 fully saturated rings. The van der Waals surface area contributed by atoms with Gasteiger partial charge in [-0.05, 0) is 30.4 Å². The number of methoxy groups -OCH3 is 1. The van der Waals surface area contributed by atoms with Crippen LogP contribution in [0.4, 0.5) is 0 Å². The zero-order chi connectivity index (χ0) is 13.0. The maximum atomic E-state index is 6.22. The molecule has 2 nitrogen and oxygen atoms in total. The molecule has 0 unspecified atom stereocenters. The Balaban J connectivity index is 1.94. The SMILES string of the molecule is COc1cccc(Cl)c1CNCC1(C)CCCC1. The fraction of sp³-hybridized carbons (Fsp3) is 0.600. The lowest BCUT2D eigenvalue weighted by Crippen LogP contribution is -2.29. The van der Waals surface area contributed by atoms with E-state index in [1.807, 2.05) is 18.2 Å². The van der Waals surface area contributed by atoms with Crippen LogP contribution in [0.2, 0.25) is 5.02 Å². The molecule has 0 radical (unpaired) electrons. The summed E-state index contributed by atoms with van der Waals surface area (Å²) in [6, 6.07) is 5.79. The fourth-order valence-electron chi connectivity index (χ4n) is 2.80. The number of ether oxygens (including phenoxy) is 1. The van der Waals surface area contributed by atoms with Gasteiger partial charge in [0, 0.05) is 23.7 Å². The molecule has 1 saturated carbocycles. The van der Waals surface area contributed by atoms with E-state index in [0.717, 1.165) is 29.4 Å². The van der Waals surface area contributed by atoms with E-state index < -0.39 is 0 Å². The number of benzene rings is 1.